The SMILES string of the molecule is Cl.Cl.Cl.c1cnc(NCc2cncc3c2CCN(Cc2cccnc2)C3)nc1. The van der Waals surface area contributed by atoms with Crippen molar-refractivity contribution in [2.75, 3.05) is 11.9 Å². The molecule has 6 nitrogen and oxygen atoms in total. The van der Waals surface area contributed by atoms with E-state index in [4.69, 9.17) is 0 Å². The molecule has 0 radical (unpaired) electrons. The fourth-order valence-electron chi connectivity index (χ4n) is 3.23. The van der Waals surface area contributed by atoms with Crippen LogP contribution in [0, 0.1) is 0 Å². The third-order valence-corrected chi connectivity index (χ3v) is 4.44. The standard InChI is InChI=1S/C19H20N6.3ClH/c1-3-15(9-20-5-1)13-25-8-4-18-16(10-21-11-17(18)14-25)12-24-19-22-6-2-7-23-19;;;/h1-3,5-7,9-11H,4,8,12-14H2,(H,22,23,24);3*1H. The first-order valence-corrected chi connectivity index (χ1v) is 8.45. The number of hydrogen-bond acceptors (Lipinski definition) is 6. The van der Waals surface area contributed by atoms with Gasteiger partial charge in [0.1, 0.15) is 0 Å². The highest BCUT2D eigenvalue weighted by atomic mass is 35.5. The first-order chi connectivity index (χ1) is 12.4. The molecule has 0 spiro atoms. The van der Waals surface area contributed by atoms with Crippen LogP contribution < -0.4 is 5.32 Å². The average Bonchev–Trinajstić information content (AvgIpc) is 2.68. The molecule has 9 heteroatoms. The maximum absolute atomic E-state index is 4.43. The van der Waals surface area contributed by atoms with Crippen molar-refractivity contribution in [1.82, 2.24) is 24.8 Å². The highest BCUT2D eigenvalue weighted by Gasteiger charge is 2.19. The van der Waals surface area contributed by atoms with Gasteiger partial charge in [-0.1, -0.05) is 6.07 Å². The van der Waals surface area contributed by atoms with Crippen LogP contribution in [0.3, 0.4) is 0 Å². The predicted octanol–water partition coefficient (Wildman–Crippen LogP) is 3.70. The molecule has 0 amide bonds. The van der Waals surface area contributed by atoms with Crippen molar-refractivity contribution in [3.63, 3.8) is 0 Å². The second-order valence-corrected chi connectivity index (χ2v) is 6.18. The molecule has 1 aliphatic heterocycles. The Morgan fingerprint density at radius 1 is 0.929 bits per heavy atom. The minimum Gasteiger partial charge on any atom is -0.350 e. The van der Waals surface area contributed by atoms with Gasteiger partial charge in [-0.15, -0.1) is 37.2 Å². The molecule has 0 unspecified atom stereocenters. The summed E-state index contributed by atoms with van der Waals surface area (Å²) in [6.07, 6.45) is 12.2. The molecule has 0 bridgehead atoms. The van der Waals surface area contributed by atoms with E-state index in [-0.39, 0.29) is 37.2 Å². The van der Waals surface area contributed by atoms with E-state index in [1.165, 1.54) is 22.3 Å². The van der Waals surface area contributed by atoms with Crippen molar-refractivity contribution in [1.29, 1.82) is 0 Å². The monoisotopic (exact) mass is 440 g/mol. The van der Waals surface area contributed by atoms with Crippen LogP contribution in [0.1, 0.15) is 22.3 Å². The van der Waals surface area contributed by atoms with Gasteiger partial charge in [-0.3, -0.25) is 14.9 Å². The first kappa shape index (κ1) is 24.0. The van der Waals surface area contributed by atoms with Gasteiger partial charge in [0.15, 0.2) is 0 Å². The van der Waals surface area contributed by atoms with E-state index in [1.54, 1.807) is 12.4 Å². The Bertz CT molecular complexity index is 836. The third-order valence-electron chi connectivity index (χ3n) is 4.44. The average molecular weight is 442 g/mol. The predicted molar refractivity (Wildman–Crippen MR) is 117 cm³/mol. The molecule has 3 aromatic heterocycles. The summed E-state index contributed by atoms with van der Waals surface area (Å²) in [5, 5.41) is 3.28. The summed E-state index contributed by atoms with van der Waals surface area (Å²) < 4.78 is 0. The number of pyridine rings is 2. The Kier molecular flexibility index (Phi) is 10.1. The molecular formula is C19H23Cl3N6. The van der Waals surface area contributed by atoms with Gasteiger partial charge in [0.05, 0.1) is 0 Å². The Morgan fingerprint density at radius 2 is 1.75 bits per heavy atom. The highest BCUT2D eigenvalue weighted by Crippen LogP contribution is 2.23. The lowest BCUT2D eigenvalue weighted by atomic mass is 9.97. The zero-order valence-corrected chi connectivity index (χ0v) is 17.6. The van der Waals surface area contributed by atoms with Gasteiger partial charge in [0, 0.05) is 63.4 Å². The quantitative estimate of drug-likeness (QED) is 0.651. The van der Waals surface area contributed by atoms with Crippen LogP contribution in [0.15, 0.2) is 55.4 Å². The first-order valence-electron chi connectivity index (χ1n) is 8.45. The summed E-state index contributed by atoms with van der Waals surface area (Å²) in [5.74, 6) is 0.647. The minimum atomic E-state index is 0. The van der Waals surface area contributed by atoms with Crippen LogP contribution in [0.2, 0.25) is 0 Å². The van der Waals surface area contributed by atoms with Gasteiger partial charge in [-0.25, -0.2) is 9.97 Å². The molecule has 0 fully saturated rings. The van der Waals surface area contributed by atoms with Crippen molar-refractivity contribution >= 4 is 43.2 Å². The van der Waals surface area contributed by atoms with Crippen molar-refractivity contribution < 1.29 is 0 Å². The summed E-state index contributed by atoms with van der Waals surface area (Å²) in [7, 11) is 0. The summed E-state index contributed by atoms with van der Waals surface area (Å²) >= 11 is 0. The minimum absolute atomic E-state index is 0. The van der Waals surface area contributed by atoms with Crippen LogP contribution in [-0.2, 0) is 26.1 Å². The van der Waals surface area contributed by atoms with Crippen LogP contribution in [0.4, 0.5) is 5.95 Å². The molecule has 0 saturated carbocycles. The van der Waals surface area contributed by atoms with E-state index in [1.807, 2.05) is 36.9 Å². The lowest BCUT2D eigenvalue weighted by Gasteiger charge is -2.29. The lowest BCUT2D eigenvalue weighted by molar-refractivity contribution is 0.244. The van der Waals surface area contributed by atoms with E-state index in [2.05, 4.69) is 36.2 Å². The zero-order chi connectivity index (χ0) is 16.9. The Balaban J connectivity index is 0.00000131. The third kappa shape index (κ3) is 6.01. The molecule has 0 atom stereocenters. The topological polar surface area (TPSA) is 66.8 Å². The smallest absolute Gasteiger partial charge is 0.222 e. The zero-order valence-electron chi connectivity index (χ0n) is 15.2. The van der Waals surface area contributed by atoms with E-state index in [0.717, 1.165) is 26.1 Å². The number of nitrogens with zero attached hydrogens (tertiary/aromatic N) is 5. The summed E-state index contributed by atoms with van der Waals surface area (Å²) in [6.45, 7) is 3.59. The van der Waals surface area contributed by atoms with Gasteiger partial charge in [0.2, 0.25) is 5.95 Å². The van der Waals surface area contributed by atoms with Gasteiger partial charge in [0.25, 0.3) is 0 Å². The summed E-state index contributed by atoms with van der Waals surface area (Å²) in [4.78, 5) is 19.5. The van der Waals surface area contributed by atoms with E-state index >= 15 is 0 Å². The molecule has 1 aliphatic rings. The second kappa shape index (κ2) is 11.8. The molecular weight excluding hydrogens is 419 g/mol. The summed E-state index contributed by atoms with van der Waals surface area (Å²) in [5.41, 5.74) is 5.19. The maximum atomic E-state index is 4.43. The van der Waals surface area contributed by atoms with Crippen molar-refractivity contribution in [3.8, 4) is 0 Å². The number of anilines is 1. The van der Waals surface area contributed by atoms with Gasteiger partial charge >= 0.3 is 0 Å². The van der Waals surface area contributed by atoms with Crippen LogP contribution in [0.5, 0.6) is 0 Å². The fourth-order valence-corrected chi connectivity index (χ4v) is 3.23. The molecule has 4 rings (SSSR count). The van der Waals surface area contributed by atoms with E-state index in [9.17, 15) is 0 Å². The highest BCUT2D eigenvalue weighted by molar-refractivity contribution is 5.86. The molecule has 150 valence electrons. The maximum Gasteiger partial charge on any atom is 0.222 e. The number of hydrogen-bond donors (Lipinski definition) is 1. The van der Waals surface area contributed by atoms with Gasteiger partial charge in [-0.2, -0.15) is 0 Å². The van der Waals surface area contributed by atoms with Crippen LogP contribution in [0.25, 0.3) is 0 Å². The molecule has 0 saturated heterocycles. The second-order valence-electron chi connectivity index (χ2n) is 6.18. The largest absolute Gasteiger partial charge is 0.350 e. The molecule has 4 heterocycles. The fraction of sp³-hybridized carbons (Fsp3) is 0.263. The molecule has 28 heavy (non-hydrogen) atoms. The number of aromatic nitrogens is 4. The number of nitrogens with one attached hydrogen (secondary N) is 1. The van der Waals surface area contributed by atoms with Gasteiger partial charge in [-0.05, 0) is 40.8 Å². The van der Waals surface area contributed by atoms with Crippen molar-refractivity contribution in [3.05, 3.63) is 77.6 Å². The Morgan fingerprint density at radius 3 is 2.50 bits per heavy atom. The van der Waals surface area contributed by atoms with Crippen molar-refractivity contribution in [2.24, 2.45) is 0 Å². The van der Waals surface area contributed by atoms with E-state index < -0.39 is 0 Å². The van der Waals surface area contributed by atoms with Crippen LogP contribution in [-0.4, -0.2) is 31.4 Å². The molecule has 0 aromatic carbocycles. The number of rotatable bonds is 5. The summed E-state index contributed by atoms with van der Waals surface area (Å²) in [6, 6.07) is 5.93. The van der Waals surface area contributed by atoms with Crippen molar-refractivity contribution in [2.45, 2.75) is 26.1 Å². The molecule has 3 aromatic rings. The van der Waals surface area contributed by atoms with Crippen LogP contribution >= 0.6 is 37.2 Å². The Hall–Kier alpha value is -1.99. The Labute approximate surface area is 183 Å². The normalized spacial score (nSPS) is 12.6. The molecule has 1 N–H and O–H groups in total. The lowest BCUT2D eigenvalue weighted by Crippen LogP contribution is -2.31. The molecule has 0 aliphatic carbocycles. The number of halogens is 3. The van der Waals surface area contributed by atoms with Gasteiger partial charge < -0.3 is 5.32 Å². The number of fused-ring (bicyclic) bond motifs is 1. The van der Waals surface area contributed by atoms with E-state index in [0.29, 0.717) is 12.5 Å².